The first-order valence-corrected chi connectivity index (χ1v) is 10.5. The van der Waals surface area contributed by atoms with Gasteiger partial charge >= 0.3 is 0 Å². The molecule has 3 heterocycles. The van der Waals surface area contributed by atoms with E-state index in [0.717, 1.165) is 16.0 Å². The Labute approximate surface area is 174 Å². The van der Waals surface area contributed by atoms with Gasteiger partial charge in [0.15, 0.2) is 11.4 Å². The molecule has 0 radical (unpaired) electrons. The van der Waals surface area contributed by atoms with Crippen LogP contribution in [0.15, 0.2) is 41.5 Å². The van der Waals surface area contributed by atoms with Gasteiger partial charge in [-0.2, -0.15) is 0 Å². The fourth-order valence-corrected chi connectivity index (χ4v) is 4.11. The molecule has 7 heteroatoms. The zero-order chi connectivity index (χ0) is 21.1. The molecule has 1 amide bonds. The Morgan fingerprint density at radius 2 is 1.93 bits per heavy atom. The predicted molar refractivity (Wildman–Crippen MR) is 115 cm³/mol. The maximum atomic E-state index is 12.9. The second-order valence-corrected chi connectivity index (χ2v) is 7.99. The minimum Gasteiger partial charge on any atom is -0.503 e. The molecule has 0 atom stereocenters. The van der Waals surface area contributed by atoms with Gasteiger partial charge in [-0.15, -0.1) is 11.3 Å². The molecule has 6 nitrogen and oxygen atoms in total. The van der Waals surface area contributed by atoms with E-state index in [4.69, 9.17) is 0 Å². The molecule has 0 spiro atoms. The number of aryl methyl sites for hydroxylation is 2. The average molecular weight is 412 g/mol. The Morgan fingerprint density at radius 3 is 2.59 bits per heavy atom. The molecule has 1 aliphatic rings. The molecule has 152 valence electrons. The molecule has 0 saturated carbocycles. The number of fused-ring (bicyclic) bond motifs is 1. The first kappa shape index (κ1) is 20.8. The molecule has 0 aliphatic carbocycles. The third-order valence-corrected chi connectivity index (χ3v) is 5.61. The van der Waals surface area contributed by atoms with E-state index in [1.165, 1.54) is 11.3 Å². The molecule has 3 aromatic rings. The normalized spacial score (nSPS) is 13.0. The average Bonchev–Trinajstić information content (AvgIpc) is 3.14. The first-order chi connectivity index (χ1) is 13.9. The summed E-state index contributed by atoms with van der Waals surface area (Å²) in [4.78, 5) is 32.4. The van der Waals surface area contributed by atoms with Crippen LogP contribution in [0, 0.1) is 13.8 Å². The zero-order valence-corrected chi connectivity index (χ0v) is 17.9. The lowest BCUT2D eigenvalue weighted by Crippen LogP contribution is -2.41. The van der Waals surface area contributed by atoms with Crippen molar-refractivity contribution in [2.24, 2.45) is 0 Å². The van der Waals surface area contributed by atoms with Crippen LogP contribution in [0.25, 0.3) is 10.6 Å². The van der Waals surface area contributed by atoms with Crippen LogP contribution >= 0.6 is 11.3 Å². The topological polar surface area (TPSA) is 75.4 Å². The second kappa shape index (κ2) is 8.61. The number of carbonyl (C=O) groups is 1. The van der Waals surface area contributed by atoms with Crippen LogP contribution in [0.4, 0.5) is 0 Å². The second-order valence-electron chi connectivity index (χ2n) is 6.75. The molecule has 4 rings (SSSR count). The Balaban J connectivity index is 0.00000117. The van der Waals surface area contributed by atoms with Crippen molar-refractivity contribution in [2.75, 3.05) is 6.54 Å². The van der Waals surface area contributed by atoms with Crippen LogP contribution in [-0.4, -0.2) is 32.0 Å². The quantitative estimate of drug-likeness (QED) is 0.707. The zero-order valence-electron chi connectivity index (χ0n) is 17.1. The fourth-order valence-electron chi connectivity index (χ4n) is 3.34. The smallest absolute Gasteiger partial charge is 0.274 e. The van der Waals surface area contributed by atoms with E-state index in [2.05, 4.69) is 4.98 Å². The summed E-state index contributed by atoms with van der Waals surface area (Å²) in [6.07, 6.45) is 3.33. The maximum Gasteiger partial charge on any atom is 0.274 e. The number of rotatable bonds is 3. The number of hydrogen-bond acceptors (Lipinski definition) is 5. The summed E-state index contributed by atoms with van der Waals surface area (Å²) in [5, 5.41) is 11.0. The Bertz CT molecular complexity index is 1100. The van der Waals surface area contributed by atoms with E-state index < -0.39 is 11.2 Å². The highest BCUT2D eigenvalue weighted by atomic mass is 32.1. The van der Waals surface area contributed by atoms with Gasteiger partial charge in [0.1, 0.15) is 5.01 Å². The van der Waals surface area contributed by atoms with Crippen molar-refractivity contribution in [3.8, 4) is 16.3 Å². The lowest BCUT2D eigenvalue weighted by atomic mass is 10.1. The van der Waals surface area contributed by atoms with Gasteiger partial charge in [-0.3, -0.25) is 9.59 Å². The summed E-state index contributed by atoms with van der Waals surface area (Å²) in [7, 11) is 0. The van der Waals surface area contributed by atoms with E-state index in [0.29, 0.717) is 30.2 Å². The van der Waals surface area contributed by atoms with Crippen LogP contribution in [-0.2, 0) is 13.1 Å². The minimum absolute atomic E-state index is 0.0518. The number of carbonyl (C=O) groups excluding carboxylic acids is 1. The maximum absolute atomic E-state index is 12.9. The highest BCUT2D eigenvalue weighted by Gasteiger charge is 2.30. The molecule has 0 bridgehead atoms. The van der Waals surface area contributed by atoms with E-state index in [1.54, 1.807) is 21.9 Å². The molecule has 0 saturated heterocycles. The Morgan fingerprint density at radius 1 is 1.17 bits per heavy atom. The molecule has 1 aromatic carbocycles. The SMILES string of the molecule is CC.Cc1cccc(CN2CCn3cc(-c4ncc(C)s4)c(=O)c(O)c3C2=O)c1. The van der Waals surface area contributed by atoms with Crippen molar-refractivity contribution >= 4 is 17.2 Å². The number of thiazole rings is 1. The summed E-state index contributed by atoms with van der Waals surface area (Å²) in [6.45, 7) is 9.38. The molecular weight excluding hydrogens is 386 g/mol. The van der Waals surface area contributed by atoms with Gasteiger partial charge in [0.2, 0.25) is 5.43 Å². The van der Waals surface area contributed by atoms with Gasteiger partial charge in [-0.1, -0.05) is 43.7 Å². The minimum atomic E-state index is -0.554. The lowest BCUT2D eigenvalue weighted by Gasteiger charge is -2.30. The predicted octanol–water partition coefficient (Wildman–Crippen LogP) is 3.98. The van der Waals surface area contributed by atoms with Crippen molar-refractivity contribution < 1.29 is 9.90 Å². The Hall–Kier alpha value is -2.93. The fraction of sp³-hybridized carbons (Fsp3) is 0.318. The summed E-state index contributed by atoms with van der Waals surface area (Å²) >= 11 is 1.39. The number of nitrogens with zero attached hydrogens (tertiary/aromatic N) is 3. The standard InChI is InChI=1S/C20H19N3O3S.C2H6/c1-12-4-3-5-14(8-12)10-23-7-6-22-11-15(19-21-9-13(2)27-19)17(24)18(25)16(22)20(23)26;1-2/h3-5,8-9,11,25H,6-7,10H2,1-2H3;1-2H3. The van der Waals surface area contributed by atoms with Crippen molar-refractivity contribution in [3.05, 3.63) is 68.6 Å². The number of amides is 1. The van der Waals surface area contributed by atoms with Gasteiger partial charge in [-0.25, -0.2) is 4.98 Å². The van der Waals surface area contributed by atoms with Gasteiger partial charge in [0, 0.05) is 36.9 Å². The summed E-state index contributed by atoms with van der Waals surface area (Å²) in [5.41, 5.74) is 1.97. The van der Waals surface area contributed by atoms with E-state index in [-0.39, 0.29) is 11.6 Å². The molecule has 1 N–H and O–H groups in total. The summed E-state index contributed by atoms with van der Waals surface area (Å²) in [5.74, 6) is -0.835. The molecule has 1 aliphatic heterocycles. The van der Waals surface area contributed by atoms with E-state index in [9.17, 15) is 14.7 Å². The van der Waals surface area contributed by atoms with Gasteiger partial charge < -0.3 is 14.6 Å². The highest BCUT2D eigenvalue weighted by Crippen LogP contribution is 2.27. The van der Waals surface area contributed by atoms with Gasteiger partial charge in [0.05, 0.1) is 5.56 Å². The van der Waals surface area contributed by atoms with Gasteiger partial charge in [-0.05, 0) is 19.4 Å². The van der Waals surface area contributed by atoms with Crippen molar-refractivity contribution in [2.45, 2.75) is 40.8 Å². The van der Waals surface area contributed by atoms with Crippen molar-refractivity contribution in [1.29, 1.82) is 0 Å². The Kier molecular flexibility index (Phi) is 6.17. The van der Waals surface area contributed by atoms with Crippen molar-refractivity contribution in [3.63, 3.8) is 0 Å². The van der Waals surface area contributed by atoms with Crippen LogP contribution in [0.3, 0.4) is 0 Å². The van der Waals surface area contributed by atoms with E-state index in [1.807, 2.05) is 52.0 Å². The first-order valence-electron chi connectivity index (χ1n) is 9.68. The van der Waals surface area contributed by atoms with Gasteiger partial charge in [0.25, 0.3) is 5.91 Å². The van der Waals surface area contributed by atoms with Crippen LogP contribution in [0.5, 0.6) is 5.75 Å². The number of hydrogen-bond donors (Lipinski definition) is 1. The number of aromatic hydroxyl groups is 1. The molecule has 0 unspecified atom stereocenters. The van der Waals surface area contributed by atoms with Crippen LogP contribution in [0.2, 0.25) is 0 Å². The van der Waals surface area contributed by atoms with Crippen LogP contribution in [0.1, 0.15) is 40.3 Å². The lowest BCUT2D eigenvalue weighted by molar-refractivity contribution is 0.0683. The molecule has 29 heavy (non-hydrogen) atoms. The summed E-state index contributed by atoms with van der Waals surface area (Å²) in [6, 6.07) is 7.96. The monoisotopic (exact) mass is 411 g/mol. The number of benzene rings is 1. The molecular formula is C22H25N3O3S. The number of pyridine rings is 1. The van der Waals surface area contributed by atoms with Crippen LogP contribution < -0.4 is 5.43 Å². The largest absolute Gasteiger partial charge is 0.503 e. The molecule has 0 fully saturated rings. The number of aromatic nitrogens is 2. The van der Waals surface area contributed by atoms with E-state index >= 15 is 0 Å². The third-order valence-electron chi connectivity index (χ3n) is 4.66. The van der Waals surface area contributed by atoms with Crippen molar-refractivity contribution in [1.82, 2.24) is 14.5 Å². The molecule has 2 aromatic heterocycles. The highest BCUT2D eigenvalue weighted by molar-refractivity contribution is 7.14. The third kappa shape index (κ3) is 4.10. The summed E-state index contributed by atoms with van der Waals surface area (Å²) < 4.78 is 1.66.